The van der Waals surface area contributed by atoms with Gasteiger partial charge in [-0.3, -0.25) is 10.6 Å². The molecule has 0 aliphatic carbocycles. The van der Waals surface area contributed by atoms with Gasteiger partial charge in [0.25, 0.3) is 0 Å². The zero-order valence-electron chi connectivity index (χ0n) is 7.41. The third kappa shape index (κ3) is 1.96. The molecule has 2 heteroatoms. The minimum Gasteiger partial charge on any atom is -0.299 e. The highest BCUT2D eigenvalue weighted by molar-refractivity contribution is 4.88. The molecule has 1 fully saturated rings. The first-order chi connectivity index (χ1) is 4.41. The highest BCUT2D eigenvalue weighted by Crippen LogP contribution is 2.18. The second-order valence-corrected chi connectivity index (χ2v) is 4.50. The van der Waals surface area contributed by atoms with Crippen LogP contribution < -0.4 is 10.6 Å². The van der Waals surface area contributed by atoms with E-state index in [0.717, 1.165) is 13.1 Å². The molecule has 1 saturated heterocycles. The molecule has 0 aromatic rings. The summed E-state index contributed by atoms with van der Waals surface area (Å²) in [4.78, 5) is 0. The van der Waals surface area contributed by atoms with Crippen LogP contribution in [-0.2, 0) is 0 Å². The summed E-state index contributed by atoms with van der Waals surface area (Å²) < 4.78 is 0. The number of hydrogen-bond donors (Lipinski definition) is 2. The lowest BCUT2D eigenvalue weighted by Crippen LogP contribution is -2.62. The summed E-state index contributed by atoms with van der Waals surface area (Å²) in [6.45, 7) is 11.1. The van der Waals surface area contributed by atoms with Crippen LogP contribution in [0.15, 0.2) is 0 Å². The van der Waals surface area contributed by atoms with E-state index < -0.39 is 0 Å². The number of nitrogens with one attached hydrogen (secondary N) is 2. The Kier molecular flexibility index (Phi) is 1.77. The predicted molar refractivity (Wildman–Crippen MR) is 43.9 cm³/mol. The minimum absolute atomic E-state index is 0.134. The van der Waals surface area contributed by atoms with E-state index in [9.17, 15) is 0 Å². The fourth-order valence-electron chi connectivity index (χ4n) is 1.05. The zero-order chi connectivity index (χ0) is 7.83. The Balaban J connectivity index is 2.46. The summed E-state index contributed by atoms with van der Waals surface area (Å²) in [5, 5.41) is 6.88. The maximum absolute atomic E-state index is 3.44. The van der Waals surface area contributed by atoms with Crippen molar-refractivity contribution >= 4 is 0 Å². The molecule has 0 aromatic heterocycles. The first-order valence-corrected chi connectivity index (χ1v) is 3.91. The van der Waals surface area contributed by atoms with Crippen molar-refractivity contribution in [3.63, 3.8) is 0 Å². The van der Waals surface area contributed by atoms with Gasteiger partial charge in [0.15, 0.2) is 0 Å². The Morgan fingerprint density at radius 2 is 1.30 bits per heavy atom. The molecule has 0 atom stereocenters. The van der Waals surface area contributed by atoms with Crippen LogP contribution in [-0.4, -0.2) is 18.8 Å². The second-order valence-electron chi connectivity index (χ2n) is 4.50. The van der Waals surface area contributed by atoms with Crippen molar-refractivity contribution in [2.24, 2.45) is 5.41 Å². The Bertz CT molecular complexity index is 99.2. The quantitative estimate of drug-likeness (QED) is 0.526. The van der Waals surface area contributed by atoms with E-state index >= 15 is 0 Å². The molecular formula is C8H18N2. The monoisotopic (exact) mass is 142 g/mol. The standard InChI is InChI=1S/C8H18N2/c1-7(2)5-9-8(3,4)10-6-7/h9-10H,5-6H2,1-4H3. The molecule has 1 aliphatic heterocycles. The number of rotatable bonds is 0. The van der Waals surface area contributed by atoms with Gasteiger partial charge in [0.05, 0.1) is 5.66 Å². The summed E-state index contributed by atoms with van der Waals surface area (Å²) in [7, 11) is 0. The van der Waals surface area contributed by atoms with E-state index in [1.54, 1.807) is 0 Å². The van der Waals surface area contributed by atoms with Gasteiger partial charge < -0.3 is 0 Å². The molecule has 2 N–H and O–H groups in total. The van der Waals surface area contributed by atoms with Crippen molar-refractivity contribution in [3.8, 4) is 0 Å². The van der Waals surface area contributed by atoms with Crippen molar-refractivity contribution in [3.05, 3.63) is 0 Å². The Labute approximate surface area is 63.4 Å². The van der Waals surface area contributed by atoms with E-state index in [1.807, 2.05) is 0 Å². The van der Waals surface area contributed by atoms with Gasteiger partial charge >= 0.3 is 0 Å². The van der Waals surface area contributed by atoms with E-state index in [0.29, 0.717) is 5.41 Å². The van der Waals surface area contributed by atoms with Gasteiger partial charge in [-0.25, -0.2) is 0 Å². The average Bonchev–Trinajstić information content (AvgIpc) is 1.79. The highest BCUT2D eigenvalue weighted by Gasteiger charge is 2.29. The third-order valence-electron chi connectivity index (χ3n) is 2.02. The van der Waals surface area contributed by atoms with Gasteiger partial charge in [0.1, 0.15) is 0 Å². The van der Waals surface area contributed by atoms with E-state index in [4.69, 9.17) is 0 Å². The normalized spacial score (nSPS) is 30.0. The van der Waals surface area contributed by atoms with E-state index in [-0.39, 0.29) is 5.66 Å². The summed E-state index contributed by atoms with van der Waals surface area (Å²) in [5.41, 5.74) is 0.547. The lowest BCUT2D eigenvalue weighted by Gasteiger charge is -2.41. The van der Waals surface area contributed by atoms with Crippen LogP contribution in [0, 0.1) is 5.41 Å². The van der Waals surface area contributed by atoms with E-state index in [2.05, 4.69) is 38.3 Å². The molecule has 0 saturated carbocycles. The fourth-order valence-corrected chi connectivity index (χ4v) is 1.05. The van der Waals surface area contributed by atoms with Crippen molar-refractivity contribution in [2.45, 2.75) is 33.4 Å². The maximum atomic E-state index is 3.44. The summed E-state index contributed by atoms with van der Waals surface area (Å²) >= 11 is 0. The van der Waals surface area contributed by atoms with Crippen molar-refractivity contribution in [2.75, 3.05) is 13.1 Å². The van der Waals surface area contributed by atoms with Gasteiger partial charge in [-0.15, -0.1) is 0 Å². The topological polar surface area (TPSA) is 24.1 Å². The largest absolute Gasteiger partial charge is 0.299 e. The molecule has 0 unspecified atom stereocenters. The lowest BCUT2D eigenvalue weighted by atomic mass is 9.89. The molecule has 1 aliphatic rings. The van der Waals surface area contributed by atoms with Gasteiger partial charge in [-0.1, -0.05) is 13.8 Å². The lowest BCUT2D eigenvalue weighted by molar-refractivity contribution is 0.162. The summed E-state index contributed by atoms with van der Waals surface area (Å²) in [6, 6.07) is 0. The molecular weight excluding hydrogens is 124 g/mol. The van der Waals surface area contributed by atoms with Crippen LogP contribution in [0.4, 0.5) is 0 Å². The van der Waals surface area contributed by atoms with E-state index in [1.165, 1.54) is 0 Å². The summed E-state index contributed by atoms with van der Waals surface area (Å²) in [6.07, 6.45) is 0. The van der Waals surface area contributed by atoms with Gasteiger partial charge in [-0.2, -0.15) is 0 Å². The maximum Gasteiger partial charge on any atom is 0.0629 e. The molecule has 0 radical (unpaired) electrons. The van der Waals surface area contributed by atoms with Crippen molar-refractivity contribution < 1.29 is 0 Å². The molecule has 1 rings (SSSR count). The fraction of sp³-hybridized carbons (Fsp3) is 1.00. The van der Waals surface area contributed by atoms with Gasteiger partial charge in [0, 0.05) is 13.1 Å². The zero-order valence-corrected chi connectivity index (χ0v) is 7.41. The Morgan fingerprint density at radius 3 is 1.60 bits per heavy atom. The molecule has 0 aromatic carbocycles. The summed E-state index contributed by atoms with van der Waals surface area (Å²) in [5.74, 6) is 0. The van der Waals surface area contributed by atoms with Crippen molar-refractivity contribution in [1.29, 1.82) is 0 Å². The predicted octanol–water partition coefficient (Wildman–Crippen LogP) is 0.941. The first kappa shape index (κ1) is 8.02. The molecule has 60 valence electrons. The van der Waals surface area contributed by atoms with Crippen LogP contribution >= 0.6 is 0 Å². The van der Waals surface area contributed by atoms with Crippen LogP contribution in [0.2, 0.25) is 0 Å². The van der Waals surface area contributed by atoms with Gasteiger partial charge in [-0.05, 0) is 19.3 Å². The molecule has 0 bridgehead atoms. The SMILES string of the molecule is CC1(C)CNC(C)(C)NC1. The van der Waals surface area contributed by atoms with Gasteiger partial charge in [0.2, 0.25) is 0 Å². The molecule has 1 heterocycles. The average molecular weight is 142 g/mol. The van der Waals surface area contributed by atoms with Crippen LogP contribution in [0.25, 0.3) is 0 Å². The molecule has 2 nitrogen and oxygen atoms in total. The highest BCUT2D eigenvalue weighted by atomic mass is 15.2. The molecule has 0 amide bonds. The third-order valence-corrected chi connectivity index (χ3v) is 2.02. The smallest absolute Gasteiger partial charge is 0.0629 e. The Hall–Kier alpha value is -0.0800. The minimum atomic E-state index is 0.134. The molecule has 0 spiro atoms. The van der Waals surface area contributed by atoms with Crippen LogP contribution in [0.1, 0.15) is 27.7 Å². The first-order valence-electron chi connectivity index (χ1n) is 3.91. The van der Waals surface area contributed by atoms with Crippen LogP contribution in [0.5, 0.6) is 0 Å². The van der Waals surface area contributed by atoms with Crippen LogP contribution in [0.3, 0.4) is 0 Å². The number of hydrogen-bond acceptors (Lipinski definition) is 2. The molecule has 10 heavy (non-hydrogen) atoms. The second kappa shape index (κ2) is 2.21. The van der Waals surface area contributed by atoms with Crippen molar-refractivity contribution in [1.82, 2.24) is 10.6 Å². The Morgan fingerprint density at radius 1 is 0.900 bits per heavy atom.